The van der Waals surface area contributed by atoms with Gasteiger partial charge in [0.25, 0.3) is 0 Å². The zero-order valence-corrected chi connectivity index (χ0v) is 21.2. The number of carboxylic acid groups (broad SMARTS) is 1. The van der Waals surface area contributed by atoms with Crippen molar-refractivity contribution in [3.8, 4) is 0 Å². The molecule has 0 aliphatic carbocycles. The number of carbonyl (C=O) groups is 2. The lowest BCUT2D eigenvalue weighted by molar-refractivity contribution is -0.141. The summed E-state index contributed by atoms with van der Waals surface area (Å²) in [6.07, 6.45) is 1.59. The SMILES string of the molecule is CCOC(=O)C1=C(CN2CCOCC2CC(=O)O)NC(c2nccs2)=NC1c1ccc(Cl)cc1Cl. The number of aromatic nitrogens is 1. The molecule has 4 rings (SSSR count). The van der Waals surface area contributed by atoms with Crippen LogP contribution in [0, 0.1) is 0 Å². The summed E-state index contributed by atoms with van der Waals surface area (Å²) >= 11 is 14.1. The van der Waals surface area contributed by atoms with E-state index in [1.807, 2.05) is 10.3 Å². The summed E-state index contributed by atoms with van der Waals surface area (Å²) in [5.74, 6) is -0.962. The Hall–Kier alpha value is -2.50. The van der Waals surface area contributed by atoms with Crippen molar-refractivity contribution in [1.82, 2.24) is 15.2 Å². The van der Waals surface area contributed by atoms with Crippen molar-refractivity contribution in [3.05, 3.63) is 61.7 Å². The maximum absolute atomic E-state index is 13.3. The Bertz CT molecular complexity index is 1150. The number of carbonyl (C=O) groups excluding carboxylic acids is 1. The van der Waals surface area contributed by atoms with E-state index in [0.29, 0.717) is 50.9 Å². The molecule has 2 unspecified atom stereocenters. The Morgan fingerprint density at radius 1 is 1.37 bits per heavy atom. The summed E-state index contributed by atoms with van der Waals surface area (Å²) < 4.78 is 10.9. The second kappa shape index (κ2) is 11.5. The molecule has 3 heterocycles. The first kappa shape index (κ1) is 25.6. The van der Waals surface area contributed by atoms with Gasteiger partial charge in [0.1, 0.15) is 6.04 Å². The Labute approximate surface area is 216 Å². The molecule has 186 valence electrons. The van der Waals surface area contributed by atoms with E-state index in [9.17, 15) is 14.7 Å². The Morgan fingerprint density at radius 3 is 2.89 bits per heavy atom. The van der Waals surface area contributed by atoms with Crippen molar-refractivity contribution in [2.24, 2.45) is 4.99 Å². The number of aliphatic carboxylic acids is 1. The molecule has 0 spiro atoms. The molecule has 1 aromatic heterocycles. The monoisotopic (exact) mass is 538 g/mol. The van der Waals surface area contributed by atoms with Gasteiger partial charge in [-0.05, 0) is 19.1 Å². The average molecular weight is 539 g/mol. The molecule has 2 N–H and O–H groups in total. The highest BCUT2D eigenvalue weighted by atomic mass is 35.5. The van der Waals surface area contributed by atoms with Gasteiger partial charge in [-0.3, -0.25) is 14.7 Å². The molecule has 0 radical (unpaired) electrons. The summed E-state index contributed by atoms with van der Waals surface area (Å²) in [5, 5.41) is 16.0. The number of thiazole rings is 1. The van der Waals surface area contributed by atoms with Crippen LogP contribution >= 0.6 is 34.5 Å². The molecule has 0 bridgehead atoms. The second-order valence-corrected chi connectivity index (χ2v) is 9.66. The Morgan fingerprint density at radius 2 is 2.20 bits per heavy atom. The van der Waals surface area contributed by atoms with Crippen molar-refractivity contribution >= 4 is 52.3 Å². The third-order valence-electron chi connectivity index (χ3n) is 5.63. The van der Waals surface area contributed by atoms with Gasteiger partial charge in [0.2, 0.25) is 0 Å². The van der Waals surface area contributed by atoms with Gasteiger partial charge in [-0.25, -0.2) is 9.78 Å². The van der Waals surface area contributed by atoms with E-state index < -0.39 is 18.0 Å². The van der Waals surface area contributed by atoms with Crippen LogP contribution in [0.15, 0.2) is 46.0 Å². The number of nitrogens with zero attached hydrogens (tertiary/aromatic N) is 3. The van der Waals surface area contributed by atoms with E-state index in [0.717, 1.165) is 0 Å². The summed E-state index contributed by atoms with van der Waals surface area (Å²) in [4.78, 5) is 35.9. The van der Waals surface area contributed by atoms with Gasteiger partial charge >= 0.3 is 11.9 Å². The van der Waals surface area contributed by atoms with Gasteiger partial charge in [-0.2, -0.15) is 0 Å². The zero-order valence-electron chi connectivity index (χ0n) is 18.9. The van der Waals surface area contributed by atoms with Crippen LogP contribution < -0.4 is 5.32 Å². The van der Waals surface area contributed by atoms with Crippen LogP contribution in [0.25, 0.3) is 0 Å². The lowest BCUT2D eigenvalue weighted by Gasteiger charge is -2.37. The number of morpholine rings is 1. The average Bonchev–Trinajstić information content (AvgIpc) is 3.35. The largest absolute Gasteiger partial charge is 0.481 e. The number of ether oxygens (including phenoxy) is 2. The minimum atomic E-state index is -0.919. The number of nitrogens with one attached hydrogen (secondary N) is 1. The standard InChI is InChI=1S/C23H24Cl2N4O5S/c1-2-34-23(32)19-17(11-29-6-7-33-12-14(29)10-18(30)31)27-21(22-26-5-8-35-22)28-20(19)15-4-3-13(24)9-16(15)25/h3-5,8-9,14,20H,2,6-7,10-12H2,1H3,(H,27,28)(H,30,31). The fourth-order valence-electron chi connectivity index (χ4n) is 4.06. The molecule has 2 atom stereocenters. The number of benzene rings is 1. The number of amidine groups is 1. The van der Waals surface area contributed by atoms with Gasteiger partial charge in [0.05, 0.1) is 31.8 Å². The predicted octanol–water partition coefficient (Wildman–Crippen LogP) is 3.53. The van der Waals surface area contributed by atoms with E-state index in [4.69, 9.17) is 37.7 Å². The molecular weight excluding hydrogens is 515 g/mol. The number of hydrogen-bond donors (Lipinski definition) is 2. The number of rotatable bonds is 8. The van der Waals surface area contributed by atoms with Crippen LogP contribution in [0.1, 0.15) is 30.0 Å². The van der Waals surface area contributed by atoms with Crippen LogP contribution in [0.3, 0.4) is 0 Å². The number of hydrogen-bond acceptors (Lipinski definition) is 9. The van der Waals surface area contributed by atoms with Crippen LogP contribution in [0.5, 0.6) is 0 Å². The summed E-state index contributed by atoms with van der Waals surface area (Å²) in [7, 11) is 0. The van der Waals surface area contributed by atoms with Crippen LogP contribution in [-0.2, 0) is 19.1 Å². The molecule has 0 saturated carbocycles. The highest BCUT2D eigenvalue weighted by Crippen LogP contribution is 2.37. The fourth-order valence-corrected chi connectivity index (χ4v) is 5.16. The maximum atomic E-state index is 13.3. The molecule has 0 amide bonds. The van der Waals surface area contributed by atoms with Crippen LogP contribution in [-0.4, -0.2) is 71.7 Å². The number of aliphatic imine (C=N–C) groups is 1. The highest BCUT2D eigenvalue weighted by molar-refractivity contribution is 7.11. The first-order valence-corrected chi connectivity index (χ1v) is 12.6. The normalized spacial score (nSPS) is 20.8. The lowest BCUT2D eigenvalue weighted by atomic mass is 9.95. The minimum Gasteiger partial charge on any atom is -0.481 e. The molecule has 2 aliphatic heterocycles. The number of carboxylic acids is 1. The third-order valence-corrected chi connectivity index (χ3v) is 6.98. The van der Waals surface area contributed by atoms with E-state index in [1.165, 1.54) is 11.3 Å². The maximum Gasteiger partial charge on any atom is 0.338 e. The van der Waals surface area contributed by atoms with Crippen molar-refractivity contribution in [2.45, 2.75) is 25.4 Å². The molecule has 2 aliphatic rings. The molecular formula is C23H24Cl2N4O5S. The van der Waals surface area contributed by atoms with Crippen LogP contribution in [0.2, 0.25) is 10.0 Å². The first-order chi connectivity index (χ1) is 16.9. The van der Waals surface area contributed by atoms with Gasteiger partial charge in [0, 0.05) is 52.0 Å². The highest BCUT2D eigenvalue weighted by Gasteiger charge is 2.36. The molecule has 35 heavy (non-hydrogen) atoms. The quantitative estimate of drug-likeness (QED) is 0.490. The van der Waals surface area contributed by atoms with E-state index in [-0.39, 0.29) is 32.2 Å². The van der Waals surface area contributed by atoms with E-state index >= 15 is 0 Å². The molecule has 2 aromatic rings. The summed E-state index contributed by atoms with van der Waals surface area (Å²) in [6.45, 7) is 3.43. The molecule has 9 nitrogen and oxygen atoms in total. The topological polar surface area (TPSA) is 113 Å². The molecule has 1 fully saturated rings. The first-order valence-electron chi connectivity index (χ1n) is 11.0. The van der Waals surface area contributed by atoms with Crippen molar-refractivity contribution in [3.63, 3.8) is 0 Å². The van der Waals surface area contributed by atoms with Gasteiger partial charge in [-0.15, -0.1) is 11.3 Å². The van der Waals surface area contributed by atoms with Crippen molar-refractivity contribution in [2.75, 3.05) is 32.9 Å². The lowest BCUT2D eigenvalue weighted by Crippen LogP contribution is -2.49. The molecule has 1 saturated heterocycles. The Kier molecular flexibility index (Phi) is 8.40. The van der Waals surface area contributed by atoms with Gasteiger partial charge in [-0.1, -0.05) is 29.3 Å². The Balaban J connectivity index is 1.81. The van der Waals surface area contributed by atoms with Gasteiger partial charge < -0.3 is 19.9 Å². The fraction of sp³-hybridized carbons (Fsp3) is 0.391. The number of esters is 1. The van der Waals surface area contributed by atoms with Crippen molar-refractivity contribution < 1.29 is 24.2 Å². The molecule has 12 heteroatoms. The zero-order chi connectivity index (χ0) is 24.9. The third kappa shape index (κ3) is 6.02. The van der Waals surface area contributed by atoms with E-state index in [1.54, 1.807) is 31.3 Å². The molecule has 1 aromatic carbocycles. The van der Waals surface area contributed by atoms with E-state index in [2.05, 4.69) is 10.3 Å². The second-order valence-electron chi connectivity index (χ2n) is 7.92. The summed E-state index contributed by atoms with van der Waals surface area (Å²) in [5.41, 5.74) is 1.45. The van der Waals surface area contributed by atoms with Crippen LogP contribution in [0.4, 0.5) is 0 Å². The number of halogens is 2. The summed E-state index contributed by atoms with van der Waals surface area (Å²) in [6, 6.07) is 3.91. The minimum absolute atomic E-state index is 0.0815. The van der Waals surface area contributed by atoms with Gasteiger partial charge in [0.15, 0.2) is 10.8 Å². The smallest absolute Gasteiger partial charge is 0.338 e. The van der Waals surface area contributed by atoms with Crippen molar-refractivity contribution in [1.29, 1.82) is 0 Å². The predicted molar refractivity (Wildman–Crippen MR) is 133 cm³/mol.